The van der Waals surface area contributed by atoms with Crippen molar-refractivity contribution >= 4 is 11.6 Å². The number of carbonyl (C=O) groups is 1. The minimum atomic E-state index is -4.62. The molecule has 0 heterocycles. The van der Waals surface area contributed by atoms with E-state index >= 15 is 0 Å². The maximum atomic E-state index is 12.8. The molecule has 112 valence electrons. The van der Waals surface area contributed by atoms with E-state index in [1.54, 1.807) is 6.92 Å². The molecule has 0 atom stereocenters. The number of nitrogens with zero attached hydrogens (tertiary/aromatic N) is 1. The van der Waals surface area contributed by atoms with Gasteiger partial charge in [0.2, 0.25) is 0 Å². The van der Waals surface area contributed by atoms with Gasteiger partial charge in [0.25, 0.3) is 5.91 Å². The lowest BCUT2D eigenvalue weighted by molar-refractivity contribution is -0.137. The molecule has 8 heteroatoms. The fourth-order valence-corrected chi connectivity index (χ4v) is 1.82. The van der Waals surface area contributed by atoms with Crippen LogP contribution in [-0.4, -0.2) is 35.6 Å². The molecule has 0 aliphatic carbocycles. The second-order valence-electron chi connectivity index (χ2n) is 3.98. The van der Waals surface area contributed by atoms with E-state index in [-0.39, 0.29) is 25.3 Å². The number of hydrogen-bond acceptors (Lipinski definition) is 4. The number of benzene rings is 1. The van der Waals surface area contributed by atoms with Gasteiger partial charge in [0, 0.05) is 13.1 Å². The van der Waals surface area contributed by atoms with Gasteiger partial charge in [-0.25, -0.2) is 0 Å². The van der Waals surface area contributed by atoms with Crippen LogP contribution in [0.2, 0.25) is 0 Å². The summed E-state index contributed by atoms with van der Waals surface area (Å²) in [6.45, 7) is 1.69. The molecule has 0 radical (unpaired) electrons. The number of nitrogen functional groups attached to an aromatic ring is 1. The second-order valence-corrected chi connectivity index (χ2v) is 3.98. The van der Waals surface area contributed by atoms with Crippen LogP contribution < -0.4 is 11.3 Å². The Bertz CT molecular complexity index is 478. The van der Waals surface area contributed by atoms with Gasteiger partial charge < -0.3 is 15.4 Å². The first-order valence-corrected chi connectivity index (χ1v) is 5.93. The van der Waals surface area contributed by atoms with E-state index in [1.807, 2.05) is 5.43 Å². The van der Waals surface area contributed by atoms with E-state index in [2.05, 4.69) is 0 Å². The zero-order valence-electron chi connectivity index (χ0n) is 10.9. The number of nitrogens with two attached hydrogens (primary N) is 1. The maximum absolute atomic E-state index is 12.8. The molecular formula is C12H16F3N3O2. The summed E-state index contributed by atoms with van der Waals surface area (Å²) in [6, 6.07) is 3.24. The van der Waals surface area contributed by atoms with Crippen LogP contribution in [0.25, 0.3) is 0 Å². The minimum absolute atomic E-state index is 0.0373. The fraction of sp³-hybridized carbons (Fsp3) is 0.417. The summed E-state index contributed by atoms with van der Waals surface area (Å²) in [5.41, 5.74) is 0.281. The normalized spacial score (nSPS) is 11.3. The quantitative estimate of drug-likeness (QED) is 0.566. The largest absolute Gasteiger partial charge is 0.418 e. The lowest BCUT2D eigenvalue weighted by atomic mass is 10.1. The monoisotopic (exact) mass is 291 g/mol. The number of nitrogens with one attached hydrogen (secondary N) is 1. The molecule has 0 fully saturated rings. The second kappa shape index (κ2) is 6.58. The highest BCUT2D eigenvalue weighted by atomic mass is 19.4. The smallest absolute Gasteiger partial charge is 0.395 e. The van der Waals surface area contributed by atoms with Crippen molar-refractivity contribution in [2.75, 3.05) is 25.1 Å². The van der Waals surface area contributed by atoms with Gasteiger partial charge in [0.05, 0.1) is 23.4 Å². The van der Waals surface area contributed by atoms with Gasteiger partial charge >= 0.3 is 6.18 Å². The number of anilines is 1. The Morgan fingerprint density at radius 2 is 2.10 bits per heavy atom. The summed E-state index contributed by atoms with van der Waals surface area (Å²) in [7, 11) is 0. The zero-order valence-corrected chi connectivity index (χ0v) is 10.9. The minimum Gasteiger partial charge on any atom is -0.395 e. The van der Waals surface area contributed by atoms with Crippen molar-refractivity contribution in [3.8, 4) is 0 Å². The third-order valence-electron chi connectivity index (χ3n) is 2.78. The van der Waals surface area contributed by atoms with Crippen LogP contribution in [0.15, 0.2) is 18.2 Å². The molecule has 1 amide bonds. The highest BCUT2D eigenvalue weighted by molar-refractivity contribution is 6.00. The van der Waals surface area contributed by atoms with Crippen LogP contribution in [0.4, 0.5) is 18.9 Å². The number of rotatable bonds is 5. The number of carbonyl (C=O) groups excluding carboxylic acids is 1. The van der Waals surface area contributed by atoms with Crippen LogP contribution in [0, 0.1) is 0 Å². The number of hydrogen-bond donors (Lipinski definition) is 3. The molecule has 20 heavy (non-hydrogen) atoms. The van der Waals surface area contributed by atoms with Gasteiger partial charge in [0.1, 0.15) is 0 Å². The van der Waals surface area contributed by atoms with Crippen LogP contribution in [0.5, 0.6) is 0 Å². The predicted octanol–water partition coefficient (Wildman–Crippen LogP) is 1.45. The van der Waals surface area contributed by atoms with E-state index in [1.165, 1.54) is 11.0 Å². The Morgan fingerprint density at radius 3 is 2.55 bits per heavy atom. The third-order valence-corrected chi connectivity index (χ3v) is 2.78. The molecule has 5 nitrogen and oxygen atoms in total. The van der Waals surface area contributed by atoms with Gasteiger partial charge in [0.15, 0.2) is 0 Å². The van der Waals surface area contributed by atoms with E-state index in [9.17, 15) is 18.0 Å². The number of likely N-dealkylation sites (N-methyl/N-ethyl adjacent to an activating group) is 1. The van der Waals surface area contributed by atoms with E-state index in [0.29, 0.717) is 0 Å². The number of aliphatic hydroxyl groups excluding tert-OH is 1. The van der Waals surface area contributed by atoms with Gasteiger partial charge in [-0.3, -0.25) is 10.6 Å². The number of amides is 1. The average Bonchev–Trinajstić information content (AvgIpc) is 2.42. The molecule has 0 spiro atoms. The van der Waals surface area contributed by atoms with Crippen LogP contribution in [0.3, 0.4) is 0 Å². The first-order valence-electron chi connectivity index (χ1n) is 5.93. The lowest BCUT2D eigenvalue weighted by Crippen LogP contribution is -2.34. The summed E-state index contributed by atoms with van der Waals surface area (Å²) < 4.78 is 38.5. The fourth-order valence-electron chi connectivity index (χ4n) is 1.82. The molecule has 0 unspecified atom stereocenters. The number of para-hydroxylation sites is 1. The number of halogens is 3. The highest BCUT2D eigenvalue weighted by Crippen LogP contribution is 2.36. The molecule has 0 aromatic heterocycles. The highest BCUT2D eigenvalue weighted by Gasteiger charge is 2.35. The topological polar surface area (TPSA) is 78.6 Å². The van der Waals surface area contributed by atoms with Crippen LogP contribution in [-0.2, 0) is 6.18 Å². The maximum Gasteiger partial charge on any atom is 0.418 e. The van der Waals surface area contributed by atoms with E-state index < -0.39 is 23.3 Å². The molecule has 1 aromatic carbocycles. The Morgan fingerprint density at radius 1 is 1.45 bits per heavy atom. The molecule has 1 aromatic rings. The summed E-state index contributed by atoms with van der Waals surface area (Å²) in [4.78, 5) is 13.4. The predicted molar refractivity (Wildman–Crippen MR) is 67.9 cm³/mol. The first-order chi connectivity index (χ1) is 9.36. The van der Waals surface area contributed by atoms with Gasteiger partial charge in [-0.2, -0.15) is 13.2 Å². The standard InChI is InChI=1S/C12H16F3N3O2/c1-2-18(6-7-19)11(20)8-4-3-5-9(10(8)17-16)12(13,14)15/h3-5,17,19H,2,6-7,16H2,1H3. The summed E-state index contributed by atoms with van der Waals surface area (Å²) in [6.07, 6.45) is -4.62. The first kappa shape index (κ1) is 16.3. The Hall–Kier alpha value is -1.80. The van der Waals surface area contributed by atoms with Crippen molar-refractivity contribution in [3.63, 3.8) is 0 Å². The lowest BCUT2D eigenvalue weighted by Gasteiger charge is -2.22. The van der Waals surface area contributed by atoms with Gasteiger partial charge in [-0.1, -0.05) is 6.07 Å². The summed E-state index contributed by atoms with van der Waals surface area (Å²) in [5.74, 6) is 4.51. The number of hydrazine groups is 1. The molecule has 0 aliphatic heterocycles. The molecule has 1 rings (SSSR count). The van der Waals surface area contributed by atoms with Crippen molar-refractivity contribution in [3.05, 3.63) is 29.3 Å². The third kappa shape index (κ3) is 3.40. The van der Waals surface area contributed by atoms with Crippen LogP contribution in [0.1, 0.15) is 22.8 Å². The zero-order chi connectivity index (χ0) is 15.3. The van der Waals surface area contributed by atoms with Crippen molar-refractivity contribution in [2.24, 2.45) is 5.84 Å². The Kier molecular flexibility index (Phi) is 5.34. The van der Waals surface area contributed by atoms with Crippen molar-refractivity contribution in [1.82, 2.24) is 4.90 Å². The average molecular weight is 291 g/mol. The van der Waals surface area contributed by atoms with Crippen LogP contribution >= 0.6 is 0 Å². The number of alkyl halides is 3. The molecular weight excluding hydrogens is 275 g/mol. The van der Waals surface area contributed by atoms with Gasteiger partial charge in [-0.15, -0.1) is 0 Å². The van der Waals surface area contributed by atoms with Crippen molar-refractivity contribution < 1.29 is 23.1 Å². The van der Waals surface area contributed by atoms with E-state index in [0.717, 1.165) is 12.1 Å². The Balaban J connectivity index is 3.28. The SMILES string of the molecule is CCN(CCO)C(=O)c1cccc(C(F)(F)F)c1NN. The molecule has 0 saturated carbocycles. The molecule has 4 N–H and O–H groups in total. The van der Waals surface area contributed by atoms with Crippen molar-refractivity contribution in [1.29, 1.82) is 0 Å². The molecule has 0 aliphatic rings. The summed E-state index contributed by atoms with van der Waals surface area (Å²) in [5, 5.41) is 8.86. The number of aliphatic hydroxyl groups is 1. The summed E-state index contributed by atoms with van der Waals surface area (Å²) >= 11 is 0. The molecule has 0 saturated heterocycles. The van der Waals surface area contributed by atoms with Crippen molar-refractivity contribution in [2.45, 2.75) is 13.1 Å². The Labute approximate surface area is 114 Å². The molecule has 0 bridgehead atoms. The van der Waals surface area contributed by atoms with Gasteiger partial charge in [-0.05, 0) is 19.1 Å². The van der Waals surface area contributed by atoms with E-state index in [4.69, 9.17) is 10.9 Å².